The third kappa shape index (κ3) is 2.39. The molecule has 0 aliphatic carbocycles. The zero-order valence-corrected chi connectivity index (χ0v) is 9.10. The number of amides is 1. The van der Waals surface area contributed by atoms with E-state index in [2.05, 4.69) is 25.5 Å². The standard InChI is InChI=1S/C10H11N5O2/c1-6(8-12-5-13-15-8)14-10(17)7-3-2-4-11-9(7)16/h2-6H,1H3,(H,11,16)(H,14,17)(H,12,13,15). The maximum atomic E-state index is 11.8. The molecule has 7 nitrogen and oxygen atoms in total. The van der Waals surface area contributed by atoms with E-state index in [0.29, 0.717) is 5.82 Å². The number of nitrogens with one attached hydrogen (secondary N) is 3. The molecule has 0 aromatic carbocycles. The molecule has 2 aromatic heterocycles. The molecule has 17 heavy (non-hydrogen) atoms. The number of H-pyrrole nitrogens is 2. The van der Waals surface area contributed by atoms with Crippen LogP contribution in [0.3, 0.4) is 0 Å². The molecule has 2 rings (SSSR count). The fourth-order valence-electron chi connectivity index (χ4n) is 1.37. The number of aromatic nitrogens is 4. The lowest BCUT2D eigenvalue weighted by Gasteiger charge is -2.10. The van der Waals surface area contributed by atoms with Crippen LogP contribution < -0.4 is 10.9 Å². The Morgan fingerprint density at radius 1 is 1.53 bits per heavy atom. The van der Waals surface area contributed by atoms with Crippen LogP contribution in [0.4, 0.5) is 0 Å². The molecule has 0 saturated heterocycles. The Morgan fingerprint density at radius 2 is 2.35 bits per heavy atom. The molecule has 0 aliphatic heterocycles. The maximum absolute atomic E-state index is 11.8. The lowest BCUT2D eigenvalue weighted by molar-refractivity contribution is 0.0937. The average Bonchev–Trinajstić information content (AvgIpc) is 2.82. The summed E-state index contributed by atoms with van der Waals surface area (Å²) in [6.07, 6.45) is 2.83. The van der Waals surface area contributed by atoms with Crippen molar-refractivity contribution in [1.29, 1.82) is 0 Å². The number of aromatic amines is 2. The van der Waals surface area contributed by atoms with E-state index in [1.165, 1.54) is 18.6 Å². The van der Waals surface area contributed by atoms with E-state index in [9.17, 15) is 9.59 Å². The van der Waals surface area contributed by atoms with E-state index < -0.39 is 11.5 Å². The molecular weight excluding hydrogens is 222 g/mol. The zero-order chi connectivity index (χ0) is 12.3. The van der Waals surface area contributed by atoms with E-state index in [1.807, 2.05) is 0 Å². The molecule has 7 heteroatoms. The van der Waals surface area contributed by atoms with Crippen molar-refractivity contribution in [3.05, 3.63) is 46.4 Å². The van der Waals surface area contributed by atoms with Crippen molar-refractivity contribution >= 4 is 5.91 Å². The Hall–Kier alpha value is -2.44. The monoisotopic (exact) mass is 233 g/mol. The van der Waals surface area contributed by atoms with Gasteiger partial charge < -0.3 is 10.3 Å². The van der Waals surface area contributed by atoms with E-state index >= 15 is 0 Å². The Labute approximate surface area is 96.3 Å². The van der Waals surface area contributed by atoms with Crippen LogP contribution in [0.5, 0.6) is 0 Å². The minimum absolute atomic E-state index is 0.0684. The number of pyridine rings is 1. The number of hydrogen-bond acceptors (Lipinski definition) is 4. The van der Waals surface area contributed by atoms with Gasteiger partial charge in [0.25, 0.3) is 11.5 Å². The molecule has 0 saturated carbocycles. The minimum atomic E-state index is -0.448. The highest BCUT2D eigenvalue weighted by Gasteiger charge is 2.15. The summed E-state index contributed by atoms with van der Waals surface area (Å²) in [5, 5.41) is 8.98. The summed E-state index contributed by atoms with van der Waals surface area (Å²) in [6, 6.07) is 2.71. The highest BCUT2D eigenvalue weighted by molar-refractivity contribution is 5.93. The van der Waals surface area contributed by atoms with Gasteiger partial charge in [-0.15, -0.1) is 0 Å². The number of carbonyl (C=O) groups is 1. The van der Waals surface area contributed by atoms with Gasteiger partial charge >= 0.3 is 0 Å². The van der Waals surface area contributed by atoms with Crippen LogP contribution in [0.15, 0.2) is 29.5 Å². The number of carbonyl (C=O) groups excluding carboxylic acids is 1. The largest absolute Gasteiger partial charge is 0.342 e. The van der Waals surface area contributed by atoms with Crippen LogP contribution in [-0.2, 0) is 0 Å². The van der Waals surface area contributed by atoms with Crippen LogP contribution in [0.2, 0.25) is 0 Å². The molecule has 88 valence electrons. The predicted octanol–water partition coefficient (Wildman–Crippen LogP) is -0.0160. The number of hydrogen-bond donors (Lipinski definition) is 3. The molecule has 1 atom stereocenters. The molecule has 0 bridgehead atoms. The van der Waals surface area contributed by atoms with Crippen molar-refractivity contribution < 1.29 is 4.79 Å². The second-order valence-electron chi connectivity index (χ2n) is 3.48. The summed E-state index contributed by atoms with van der Waals surface area (Å²) < 4.78 is 0. The van der Waals surface area contributed by atoms with Crippen LogP contribution in [0.1, 0.15) is 29.1 Å². The van der Waals surface area contributed by atoms with Gasteiger partial charge in [0, 0.05) is 6.20 Å². The summed E-state index contributed by atoms with van der Waals surface area (Å²) in [5.74, 6) is 0.0847. The molecular formula is C10H11N5O2. The summed E-state index contributed by atoms with van der Waals surface area (Å²) >= 11 is 0. The Bertz CT molecular complexity index is 560. The van der Waals surface area contributed by atoms with Gasteiger partial charge in [0.15, 0.2) is 0 Å². The Kier molecular flexibility index (Phi) is 2.99. The molecule has 2 aromatic rings. The van der Waals surface area contributed by atoms with Crippen molar-refractivity contribution in [2.45, 2.75) is 13.0 Å². The third-order valence-electron chi connectivity index (χ3n) is 2.25. The first-order valence-corrected chi connectivity index (χ1v) is 5.02. The fourth-order valence-corrected chi connectivity index (χ4v) is 1.37. The maximum Gasteiger partial charge on any atom is 0.260 e. The smallest absolute Gasteiger partial charge is 0.260 e. The van der Waals surface area contributed by atoms with Gasteiger partial charge in [-0.1, -0.05) is 0 Å². The first-order valence-electron chi connectivity index (χ1n) is 5.02. The van der Waals surface area contributed by atoms with E-state index in [0.717, 1.165) is 0 Å². The highest BCUT2D eigenvalue weighted by Crippen LogP contribution is 2.04. The lowest BCUT2D eigenvalue weighted by atomic mass is 10.2. The lowest BCUT2D eigenvalue weighted by Crippen LogP contribution is -2.31. The Morgan fingerprint density at radius 3 is 3.00 bits per heavy atom. The molecule has 1 unspecified atom stereocenters. The topological polar surface area (TPSA) is 104 Å². The molecule has 0 fully saturated rings. The molecule has 0 spiro atoms. The van der Waals surface area contributed by atoms with Gasteiger partial charge in [0.05, 0.1) is 6.04 Å². The highest BCUT2D eigenvalue weighted by atomic mass is 16.2. The third-order valence-corrected chi connectivity index (χ3v) is 2.25. The van der Waals surface area contributed by atoms with Crippen molar-refractivity contribution in [2.24, 2.45) is 0 Å². The molecule has 3 N–H and O–H groups in total. The second-order valence-corrected chi connectivity index (χ2v) is 3.48. The van der Waals surface area contributed by atoms with Crippen molar-refractivity contribution in [2.75, 3.05) is 0 Å². The minimum Gasteiger partial charge on any atom is -0.342 e. The fraction of sp³-hybridized carbons (Fsp3) is 0.200. The Balaban J connectivity index is 2.13. The molecule has 0 aliphatic rings. The SMILES string of the molecule is CC(NC(=O)c1ccc[nH]c1=O)c1ncn[nH]1. The van der Waals surface area contributed by atoms with Crippen molar-refractivity contribution in [3.63, 3.8) is 0 Å². The van der Waals surface area contributed by atoms with Crippen molar-refractivity contribution in [3.8, 4) is 0 Å². The van der Waals surface area contributed by atoms with Gasteiger partial charge in [-0.3, -0.25) is 14.7 Å². The van der Waals surface area contributed by atoms with Crippen LogP contribution in [-0.4, -0.2) is 26.1 Å². The number of nitrogens with zero attached hydrogens (tertiary/aromatic N) is 2. The van der Waals surface area contributed by atoms with Crippen LogP contribution in [0.25, 0.3) is 0 Å². The van der Waals surface area contributed by atoms with Gasteiger partial charge in [-0.25, -0.2) is 4.98 Å². The van der Waals surface area contributed by atoms with Gasteiger partial charge in [-0.2, -0.15) is 5.10 Å². The molecule has 2 heterocycles. The number of rotatable bonds is 3. The predicted molar refractivity (Wildman–Crippen MR) is 59.3 cm³/mol. The summed E-state index contributed by atoms with van der Waals surface area (Å²) in [7, 11) is 0. The molecule has 1 amide bonds. The van der Waals surface area contributed by atoms with Gasteiger partial charge in [-0.05, 0) is 19.1 Å². The van der Waals surface area contributed by atoms with E-state index in [-0.39, 0.29) is 11.6 Å². The van der Waals surface area contributed by atoms with E-state index in [4.69, 9.17) is 0 Å². The summed E-state index contributed by atoms with van der Waals surface area (Å²) in [4.78, 5) is 29.5. The van der Waals surface area contributed by atoms with Gasteiger partial charge in [0.2, 0.25) is 0 Å². The average molecular weight is 233 g/mol. The first-order chi connectivity index (χ1) is 8.18. The first kappa shape index (κ1) is 11.1. The quantitative estimate of drug-likeness (QED) is 0.693. The van der Waals surface area contributed by atoms with Crippen LogP contribution >= 0.6 is 0 Å². The van der Waals surface area contributed by atoms with Crippen molar-refractivity contribution in [1.82, 2.24) is 25.5 Å². The second kappa shape index (κ2) is 4.60. The summed E-state index contributed by atoms with van der Waals surface area (Å²) in [5.41, 5.74) is -0.353. The van der Waals surface area contributed by atoms with E-state index in [1.54, 1.807) is 13.0 Å². The summed E-state index contributed by atoms with van der Waals surface area (Å²) in [6.45, 7) is 1.75. The molecule has 0 radical (unpaired) electrons. The van der Waals surface area contributed by atoms with Gasteiger partial charge in [0.1, 0.15) is 17.7 Å². The normalized spacial score (nSPS) is 12.1. The van der Waals surface area contributed by atoms with Crippen LogP contribution in [0, 0.1) is 0 Å². The zero-order valence-electron chi connectivity index (χ0n) is 9.10.